The van der Waals surface area contributed by atoms with Crippen molar-refractivity contribution in [3.63, 3.8) is 0 Å². The molecular formula is C13H18N2OS. The molecule has 0 fully saturated rings. The third-order valence-electron chi connectivity index (χ3n) is 2.02. The van der Waals surface area contributed by atoms with Crippen LogP contribution in [0.4, 0.5) is 0 Å². The Bertz CT molecular complexity index is 394. The summed E-state index contributed by atoms with van der Waals surface area (Å²) < 4.78 is 0. The molecule has 0 aromatic heterocycles. The lowest BCUT2D eigenvalue weighted by molar-refractivity contribution is -0.120. The largest absolute Gasteiger partial charge is 0.273 e. The van der Waals surface area contributed by atoms with E-state index in [-0.39, 0.29) is 5.91 Å². The lowest BCUT2D eigenvalue weighted by Gasteiger charge is -2.02. The van der Waals surface area contributed by atoms with Crippen LogP contribution in [0.15, 0.2) is 34.3 Å². The highest BCUT2D eigenvalue weighted by molar-refractivity contribution is 7.99. The van der Waals surface area contributed by atoms with Crippen molar-refractivity contribution < 1.29 is 4.79 Å². The number of hydrogen-bond acceptors (Lipinski definition) is 3. The summed E-state index contributed by atoms with van der Waals surface area (Å²) in [6.07, 6.45) is 0.481. The lowest BCUT2D eigenvalue weighted by atomic mass is 10.2. The molecule has 0 spiro atoms. The van der Waals surface area contributed by atoms with E-state index in [2.05, 4.69) is 41.7 Å². The second kappa shape index (κ2) is 7.12. The predicted molar refractivity (Wildman–Crippen MR) is 73.4 cm³/mol. The number of nitrogens with one attached hydrogen (secondary N) is 1. The number of hydrazone groups is 1. The van der Waals surface area contributed by atoms with Gasteiger partial charge in [0.15, 0.2) is 0 Å². The maximum atomic E-state index is 11.4. The molecule has 0 saturated heterocycles. The molecular weight excluding hydrogens is 232 g/mol. The average molecular weight is 250 g/mol. The van der Waals surface area contributed by atoms with Gasteiger partial charge in [0, 0.05) is 22.8 Å². The molecule has 0 unspecified atom stereocenters. The van der Waals surface area contributed by atoms with Gasteiger partial charge in [-0.15, -0.1) is 11.8 Å². The summed E-state index contributed by atoms with van der Waals surface area (Å²) in [7, 11) is 0. The van der Waals surface area contributed by atoms with Gasteiger partial charge in [0.1, 0.15) is 0 Å². The Morgan fingerprint density at radius 3 is 2.53 bits per heavy atom. The summed E-state index contributed by atoms with van der Waals surface area (Å²) in [5.41, 5.74) is 4.61. The molecule has 92 valence electrons. The number of amides is 1. The Kier molecular flexibility index (Phi) is 5.77. The van der Waals surface area contributed by atoms with Crippen LogP contribution in [0, 0.1) is 6.92 Å². The van der Waals surface area contributed by atoms with Gasteiger partial charge < -0.3 is 0 Å². The highest BCUT2D eigenvalue weighted by Gasteiger charge is 2.00. The van der Waals surface area contributed by atoms with E-state index in [0.29, 0.717) is 6.42 Å². The fourth-order valence-corrected chi connectivity index (χ4v) is 1.98. The van der Waals surface area contributed by atoms with Gasteiger partial charge in [-0.2, -0.15) is 5.10 Å². The highest BCUT2D eigenvalue weighted by atomic mass is 32.2. The van der Waals surface area contributed by atoms with Crippen LogP contribution in [-0.4, -0.2) is 17.4 Å². The smallest absolute Gasteiger partial charge is 0.240 e. The second-order valence-electron chi connectivity index (χ2n) is 4.01. The zero-order chi connectivity index (χ0) is 12.7. The molecule has 17 heavy (non-hydrogen) atoms. The minimum atomic E-state index is -0.0363. The zero-order valence-electron chi connectivity index (χ0n) is 10.5. The standard InChI is InChI=1S/C13H18N2OS/c1-10(2)14-15-13(16)8-9-17-12-6-4-11(3)5-7-12/h4-7H,8-9H2,1-3H3,(H,15,16). The maximum absolute atomic E-state index is 11.4. The number of rotatable bonds is 5. The number of nitrogens with zero attached hydrogens (tertiary/aromatic N) is 1. The van der Waals surface area contributed by atoms with Crippen molar-refractivity contribution in [2.24, 2.45) is 5.10 Å². The number of aryl methyl sites for hydroxylation is 1. The number of benzene rings is 1. The average Bonchev–Trinajstić information content (AvgIpc) is 2.29. The molecule has 1 aromatic carbocycles. The monoisotopic (exact) mass is 250 g/mol. The van der Waals surface area contributed by atoms with Crippen molar-refractivity contribution in [2.45, 2.75) is 32.1 Å². The zero-order valence-corrected chi connectivity index (χ0v) is 11.3. The van der Waals surface area contributed by atoms with Gasteiger partial charge in [0.2, 0.25) is 5.91 Å². The van der Waals surface area contributed by atoms with Crippen LogP contribution >= 0.6 is 11.8 Å². The fraction of sp³-hybridized carbons (Fsp3) is 0.385. The molecule has 3 nitrogen and oxygen atoms in total. The molecule has 1 N–H and O–H groups in total. The topological polar surface area (TPSA) is 41.5 Å². The van der Waals surface area contributed by atoms with Crippen LogP contribution < -0.4 is 5.43 Å². The van der Waals surface area contributed by atoms with Crippen LogP contribution in [0.3, 0.4) is 0 Å². The van der Waals surface area contributed by atoms with E-state index in [9.17, 15) is 4.79 Å². The first-order valence-electron chi connectivity index (χ1n) is 5.57. The Morgan fingerprint density at radius 1 is 1.29 bits per heavy atom. The summed E-state index contributed by atoms with van der Waals surface area (Å²) >= 11 is 1.68. The van der Waals surface area contributed by atoms with Crippen molar-refractivity contribution >= 4 is 23.4 Å². The van der Waals surface area contributed by atoms with Gasteiger partial charge in [-0.3, -0.25) is 4.79 Å². The predicted octanol–water partition coefficient (Wildman–Crippen LogP) is 2.99. The quantitative estimate of drug-likeness (QED) is 0.496. The van der Waals surface area contributed by atoms with E-state index >= 15 is 0 Å². The summed E-state index contributed by atoms with van der Waals surface area (Å²) in [5.74, 6) is 0.735. The molecule has 0 heterocycles. The second-order valence-corrected chi connectivity index (χ2v) is 5.17. The van der Waals surface area contributed by atoms with E-state index in [1.165, 1.54) is 10.5 Å². The van der Waals surface area contributed by atoms with E-state index in [1.807, 2.05) is 13.8 Å². The molecule has 0 aliphatic heterocycles. The normalized spacial score (nSPS) is 9.82. The molecule has 0 bridgehead atoms. The molecule has 0 aliphatic carbocycles. The first-order chi connectivity index (χ1) is 8.08. The molecule has 1 amide bonds. The summed E-state index contributed by atoms with van der Waals surface area (Å²) in [6.45, 7) is 5.76. The van der Waals surface area contributed by atoms with Gasteiger partial charge in [0.05, 0.1) is 0 Å². The minimum Gasteiger partial charge on any atom is -0.273 e. The molecule has 1 aromatic rings. The third kappa shape index (κ3) is 6.12. The summed E-state index contributed by atoms with van der Waals surface area (Å²) in [6, 6.07) is 8.30. The first kappa shape index (κ1) is 13.8. The van der Waals surface area contributed by atoms with Crippen LogP contribution in [0.1, 0.15) is 25.8 Å². The van der Waals surface area contributed by atoms with Crippen molar-refractivity contribution in [2.75, 3.05) is 5.75 Å². The fourth-order valence-electron chi connectivity index (χ4n) is 1.13. The van der Waals surface area contributed by atoms with Gasteiger partial charge in [-0.1, -0.05) is 17.7 Å². The molecule has 4 heteroatoms. The van der Waals surface area contributed by atoms with Gasteiger partial charge in [-0.05, 0) is 32.9 Å². The number of thioether (sulfide) groups is 1. The van der Waals surface area contributed by atoms with E-state index in [4.69, 9.17) is 0 Å². The third-order valence-corrected chi connectivity index (χ3v) is 3.04. The lowest BCUT2D eigenvalue weighted by Crippen LogP contribution is -2.18. The van der Waals surface area contributed by atoms with Crippen LogP contribution in [0.2, 0.25) is 0 Å². The Labute approximate surface area is 107 Å². The first-order valence-corrected chi connectivity index (χ1v) is 6.55. The highest BCUT2D eigenvalue weighted by Crippen LogP contribution is 2.18. The van der Waals surface area contributed by atoms with Crippen molar-refractivity contribution in [3.8, 4) is 0 Å². The van der Waals surface area contributed by atoms with Crippen molar-refractivity contribution in [3.05, 3.63) is 29.8 Å². The number of hydrogen-bond donors (Lipinski definition) is 1. The number of carbonyl (C=O) groups is 1. The molecule has 0 aliphatic rings. The Morgan fingerprint density at radius 2 is 1.94 bits per heavy atom. The summed E-state index contributed by atoms with van der Waals surface area (Å²) in [4.78, 5) is 12.6. The Balaban J connectivity index is 2.26. The Hall–Kier alpha value is -1.29. The van der Waals surface area contributed by atoms with Crippen LogP contribution in [0.25, 0.3) is 0 Å². The van der Waals surface area contributed by atoms with Crippen LogP contribution in [0.5, 0.6) is 0 Å². The number of carbonyl (C=O) groups excluding carboxylic acids is 1. The van der Waals surface area contributed by atoms with E-state index in [1.54, 1.807) is 11.8 Å². The van der Waals surface area contributed by atoms with Gasteiger partial charge in [-0.25, -0.2) is 5.43 Å². The van der Waals surface area contributed by atoms with Crippen LogP contribution in [-0.2, 0) is 4.79 Å². The SMILES string of the molecule is CC(C)=NNC(=O)CCSc1ccc(C)cc1. The maximum Gasteiger partial charge on any atom is 0.240 e. The van der Waals surface area contributed by atoms with Crippen molar-refractivity contribution in [1.82, 2.24) is 5.43 Å². The van der Waals surface area contributed by atoms with Crippen molar-refractivity contribution in [1.29, 1.82) is 0 Å². The molecule has 0 atom stereocenters. The minimum absolute atomic E-state index is 0.0363. The van der Waals surface area contributed by atoms with Gasteiger partial charge in [0.25, 0.3) is 0 Å². The summed E-state index contributed by atoms with van der Waals surface area (Å²) in [5, 5.41) is 3.87. The van der Waals surface area contributed by atoms with Gasteiger partial charge >= 0.3 is 0 Å². The van der Waals surface area contributed by atoms with E-state index in [0.717, 1.165) is 11.5 Å². The molecule has 0 radical (unpaired) electrons. The van der Waals surface area contributed by atoms with E-state index < -0.39 is 0 Å². The molecule has 0 saturated carbocycles. The molecule has 1 rings (SSSR count).